The van der Waals surface area contributed by atoms with Crippen molar-refractivity contribution in [2.75, 3.05) is 27.2 Å². The zero-order valence-corrected chi connectivity index (χ0v) is 15.3. The summed E-state index contributed by atoms with van der Waals surface area (Å²) in [7, 11) is 3.57. The van der Waals surface area contributed by atoms with E-state index in [0.29, 0.717) is 25.9 Å². The number of ether oxygens (including phenoxy) is 1. The summed E-state index contributed by atoms with van der Waals surface area (Å²) in [6.07, 6.45) is 2.87. The zero-order valence-electron chi connectivity index (χ0n) is 15.3. The number of hydrogen-bond acceptors (Lipinski definition) is 3. The van der Waals surface area contributed by atoms with Crippen LogP contribution in [0.5, 0.6) is 0 Å². The molecule has 0 bridgehead atoms. The Morgan fingerprint density at radius 1 is 1.04 bits per heavy atom. The molecular formula is C17H34F3N2O2+. The van der Waals surface area contributed by atoms with E-state index in [2.05, 4.69) is 6.92 Å². The molecule has 0 heterocycles. The van der Waals surface area contributed by atoms with Crippen LogP contribution in [0.4, 0.5) is 13.2 Å². The minimum Gasteiger partial charge on any atom is -0.406 e. The Labute approximate surface area is 144 Å². The summed E-state index contributed by atoms with van der Waals surface area (Å²) in [6.45, 7) is 3.18. The Kier molecular flexibility index (Phi) is 11.3. The van der Waals surface area contributed by atoms with Crippen molar-refractivity contribution in [3.8, 4) is 0 Å². The average Bonchev–Trinajstić information content (AvgIpc) is 2.49. The second-order valence-corrected chi connectivity index (χ2v) is 6.91. The SMILES string of the molecule is CCCCCCCCCC(OC(=O)C(F)(F)F)[N+](C)(C)CCCN. The number of quaternary nitrogens is 1. The van der Waals surface area contributed by atoms with Gasteiger partial charge in [-0.25, -0.2) is 4.79 Å². The molecule has 0 aromatic heterocycles. The number of hydrogen-bond donors (Lipinski definition) is 1. The Balaban J connectivity index is 4.50. The highest BCUT2D eigenvalue weighted by Gasteiger charge is 2.44. The predicted molar refractivity (Wildman–Crippen MR) is 89.2 cm³/mol. The minimum atomic E-state index is -4.95. The van der Waals surface area contributed by atoms with Crippen LogP contribution in [0.15, 0.2) is 0 Å². The first-order valence-corrected chi connectivity index (χ1v) is 8.95. The number of nitrogens with zero attached hydrogens (tertiary/aromatic N) is 1. The monoisotopic (exact) mass is 355 g/mol. The van der Waals surface area contributed by atoms with Gasteiger partial charge in [0, 0.05) is 12.8 Å². The molecule has 1 unspecified atom stereocenters. The van der Waals surface area contributed by atoms with Crippen molar-refractivity contribution >= 4 is 5.97 Å². The molecule has 0 aromatic rings. The second kappa shape index (κ2) is 11.7. The van der Waals surface area contributed by atoms with Gasteiger partial charge >= 0.3 is 12.1 Å². The molecule has 2 N–H and O–H groups in total. The van der Waals surface area contributed by atoms with Gasteiger partial charge in [-0.05, 0) is 13.0 Å². The highest BCUT2D eigenvalue weighted by atomic mass is 19.4. The van der Waals surface area contributed by atoms with E-state index in [1.165, 1.54) is 19.3 Å². The highest BCUT2D eigenvalue weighted by Crippen LogP contribution is 2.23. The Bertz CT molecular complexity index is 347. The first-order chi connectivity index (χ1) is 11.1. The summed E-state index contributed by atoms with van der Waals surface area (Å²) in [5.41, 5.74) is 5.49. The third kappa shape index (κ3) is 10.1. The average molecular weight is 355 g/mol. The van der Waals surface area contributed by atoms with Gasteiger partial charge in [0.15, 0.2) is 0 Å². The van der Waals surface area contributed by atoms with E-state index >= 15 is 0 Å². The van der Waals surface area contributed by atoms with Gasteiger partial charge in [-0.1, -0.05) is 45.4 Å². The number of nitrogens with two attached hydrogens (primary N) is 1. The molecule has 0 aliphatic rings. The zero-order chi connectivity index (χ0) is 18.6. The smallest absolute Gasteiger partial charge is 0.406 e. The van der Waals surface area contributed by atoms with E-state index in [0.717, 1.165) is 25.7 Å². The van der Waals surface area contributed by atoms with Crippen molar-refractivity contribution in [1.82, 2.24) is 0 Å². The fraction of sp³-hybridized carbons (Fsp3) is 0.941. The maximum absolute atomic E-state index is 12.5. The number of esters is 1. The number of rotatable bonds is 13. The van der Waals surface area contributed by atoms with Crippen LogP contribution in [-0.4, -0.2) is 50.0 Å². The lowest BCUT2D eigenvalue weighted by Gasteiger charge is -2.37. The van der Waals surface area contributed by atoms with Gasteiger partial charge in [-0.3, -0.25) is 4.48 Å². The first-order valence-electron chi connectivity index (χ1n) is 8.95. The van der Waals surface area contributed by atoms with Crippen LogP contribution in [0.1, 0.15) is 64.7 Å². The maximum atomic E-state index is 12.5. The Hall–Kier alpha value is -0.820. The Morgan fingerprint density at radius 3 is 2.08 bits per heavy atom. The molecule has 7 heteroatoms. The lowest BCUT2D eigenvalue weighted by Crippen LogP contribution is -2.53. The molecule has 0 saturated heterocycles. The fourth-order valence-corrected chi connectivity index (χ4v) is 2.66. The van der Waals surface area contributed by atoms with Crippen molar-refractivity contribution in [2.45, 2.75) is 77.1 Å². The van der Waals surface area contributed by atoms with Gasteiger partial charge in [0.05, 0.1) is 20.6 Å². The van der Waals surface area contributed by atoms with Crippen LogP contribution in [0.3, 0.4) is 0 Å². The molecule has 0 aliphatic carbocycles. The fourth-order valence-electron chi connectivity index (χ4n) is 2.66. The van der Waals surface area contributed by atoms with Gasteiger partial charge in [0.2, 0.25) is 6.23 Å². The molecule has 144 valence electrons. The molecule has 0 saturated carbocycles. The number of unbranched alkanes of at least 4 members (excludes halogenated alkanes) is 6. The number of alkyl halides is 3. The molecular weight excluding hydrogens is 321 g/mol. The van der Waals surface area contributed by atoms with Crippen LogP contribution in [0.25, 0.3) is 0 Å². The molecule has 0 fully saturated rings. The molecule has 0 spiro atoms. The van der Waals surface area contributed by atoms with E-state index in [1.54, 1.807) is 14.1 Å². The van der Waals surface area contributed by atoms with Crippen molar-refractivity contribution in [3.05, 3.63) is 0 Å². The van der Waals surface area contributed by atoms with E-state index in [-0.39, 0.29) is 4.48 Å². The standard InChI is InChI=1S/C17H34F3N2O2/c1-4-5-6-7-8-9-10-12-15(22(2,3)14-11-13-21)24-16(23)17(18,19)20/h15H,4-14,21H2,1-3H3/q+1. The van der Waals surface area contributed by atoms with Crippen LogP contribution >= 0.6 is 0 Å². The van der Waals surface area contributed by atoms with Crippen LogP contribution in [0, 0.1) is 0 Å². The summed E-state index contributed by atoms with van der Waals surface area (Å²) in [6, 6.07) is 0. The number of halogens is 3. The molecule has 24 heavy (non-hydrogen) atoms. The van der Waals surface area contributed by atoms with Crippen molar-refractivity contribution in [3.63, 3.8) is 0 Å². The topological polar surface area (TPSA) is 52.3 Å². The molecule has 0 aromatic carbocycles. The number of carbonyl (C=O) groups is 1. The number of carbonyl (C=O) groups excluding carboxylic acids is 1. The van der Waals surface area contributed by atoms with Gasteiger partial charge in [-0.15, -0.1) is 0 Å². The summed E-state index contributed by atoms with van der Waals surface area (Å²) in [5, 5.41) is 0. The van der Waals surface area contributed by atoms with Crippen LogP contribution in [-0.2, 0) is 9.53 Å². The second-order valence-electron chi connectivity index (χ2n) is 6.91. The summed E-state index contributed by atoms with van der Waals surface area (Å²) in [4.78, 5) is 11.2. The molecule has 4 nitrogen and oxygen atoms in total. The minimum absolute atomic E-state index is 0.203. The normalized spacial score (nSPS) is 13.8. The summed E-state index contributed by atoms with van der Waals surface area (Å²) >= 11 is 0. The van der Waals surface area contributed by atoms with Crippen LogP contribution < -0.4 is 5.73 Å². The lowest BCUT2D eigenvalue weighted by molar-refractivity contribution is -0.935. The third-order valence-electron chi connectivity index (χ3n) is 4.25. The predicted octanol–water partition coefficient (Wildman–Crippen LogP) is 3.98. The van der Waals surface area contributed by atoms with Gasteiger partial charge in [0.1, 0.15) is 0 Å². The molecule has 0 radical (unpaired) electrons. The summed E-state index contributed by atoms with van der Waals surface area (Å²) < 4.78 is 42.5. The van der Waals surface area contributed by atoms with E-state index in [9.17, 15) is 18.0 Å². The quantitative estimate of drug-likeness (QED) is 0.235. The first kappa shape index (κ1) is 23.2. The van der Waals surface area contributed by atoms with E-state index < -0.39 is 18.4 Å². The van der Waals surface area contributed by atoms with Gasteiger partial charge in [0.25, 0.3) is 0 Å². The Morgan fingerprint density at radius 2 is 1.58 bits per heavy atom. The van der Waals surface area contributed by atoms with Crippen molar-refractivity contribution in [2.24, 2.45) is 5.73 Å². The highest BCUT2D eigenvalue weighted by molar-refractivity contribution is 5.75. The van der Waals surface area contributed by atoms with Crippen molar-refractivity contribution in [1.29, 1.82) is 0 Å². The molecule has 0 amide bonds. The van der Waals surface area contributed by atoms with Gasteiger partial charge < -0.3 is 10.5 Å². The van der Waals surface area contributed by atoms with E-state index in [4.69, 9.17) is 10.5 Å². The molecule has 1 atom stereocenters. The van der Waals surface area contributed by atoms with Crippen LogP contribution in [0.2, 0.25) is 0 Å². The van der Waals surface area contributed by atoms with Crippen molar-refractivity contribution < 1.29 is 27.2 Å². The largest absolute Gasteiger partial charge is 0.491 e. The van der Waals surface area contributed by atoms with E-state index in [1.807, 2.05) is 0 Å². The lowest BCUT2D eigenvalue weighted by atomic mass is 10.1. The third-order valence-corrected chi connectivity index (χ3v) is 4.25. The van der Waals surface area contributed by atoms with Gasteiger partial charge in [-0.2, -0.15) is 13.2 Å². The summed E-state index contributed by atoms with van der Waals surface area (Å²) in [5.74, 6) is -2.10. The molecule has 0 aliphatic heterocycles. The maximum Gasteiger partial charge on any atom is 0.491 e. The molecule has 0 rings (SSSR count).